The van der Waals surface area contributed by atoms with Crippen LogP contribution in [0.5, 0.6) is 0 Å². The number of hydrogen-bond donors (Lipinski definition) is 1. The van der Waals surface area contributed by atoms with Crippen molar-refractivity contribution >= 4 is 28.4 Å². The Balaban J connectivity index is 2.22. The molecule has 1 atom stereocenters. The lowest BCUT2D eigenvalue weighted by atomic mass is 9.86. The van der Waals surface area contributed by atoms with E-state index in [2.05, 4.69) is 17.6 Å². The molecule has 1 aliphatic rings. The Labute approximate surface area is 117 Å². The standard InChI is InChI=1S/C15H17ClN2O/c1-2-18-13-5-3-9(15(17)19)7-11(13)12-8-10(16)4-6-14(12)18/h4,6,8-9H,2-3,5,7H2,1H3,(H2,17,19). The van der Waals surface area contributed by atoms with Crippen LogP contribution in [0.2, 0.25) is 5.02 Å². The molecule has 1 unspecified atom stereocenters. The van der Waals surface area contributed by atoms with Crippen LogP contribution in [-0.4, -0.2) is 10.5 Å². The highest BCUT2D eigenvalue weighted by Gasteiger charge is 2.27. The van der Waals surface area contributed by atoms with Gasteiger partial charge in [0.15, 0.2) is 0 Å². The highest BCUT2D eigenvalue weighted by molar-refractivity contribution is 6.31. The van der Waals surface area contributed by atoms with Gasteiger partial charge in [-0.15, -0.1) is 0 Å². The highest BCUT2D eigenvalue weighted by Crippen LogP contribution is 2.35. The number of primary amides is 1. The van der Waals surface area contributed by atoms with Crippen molar-refractivity contribution in [2.45, 2.75) is 32.7 Å². The Morgan fingerprint density at radius 1 is 1.53 bits per heavy atom. The molecule has 3 nitrogen and oxygen atoms in total. The van der Waals surface area contributed by atoms with E-state index >= 15 is 0 Å². The summed E-state index contributed by atoms with van der Waals surface area (Å²) in [4.78, 5) is 11.4. The van der Waals surface area contributed by atoms with Gasteiger partial charge in [-0.1, -0.05) is 11.6 Å². The number of nitrogens with zero attached hydrogens (tertiary/aromatic N) is 1. The third-order valence-electron chi connectivity index (χ3n) is 4.15. The van der Waals surface area contributed by atoms with Gasteiger partial charge in [0, 0.05) is 34.1 Å². The van der Waals surface area contributed by atoms with Gasteiger partial charge in [0.2, 0.25) is 5.91 Å². The van der Waals surface area contributed by atoms with Crippen LogP contribution in [0.1, 0.15) is 24.6 Å². The second-order valence-electron chi connectivity index (χ2n) is 5.17. The van der Waals surface area contributed by atoms with Crippen molar-refractivity contribution in [1.82, 2.24) is 4.57 Å². The van der Waals surface area contributed by atoms with Crippen LogP contribution < -0.4 is 5.73 Å². The lowest BCUT2D eigenvalue weighted by Gasteiger charge is -2.21. The number of halogens is 1. The van der Waals surface area contributed by atoms with E-state index in [0.29, 0.717) is 0 Å². The Morgan fingerprint density at radius 2 is 2.32 bits per heavy atom. The SMILES string of the molecule is CCn1c2c(c3cc(Cl)ccc31)CC(C(N)=O)CC2. The summed E-state index contributed by atoms with van der Waals surface area (Å²) >= 11 is 6.11. The topological polar surface area (TPSA) is 48.0 Å². The zero-order valence-electron chi connectivity index (χ0n) is 10.9. The van der Waals surface area contributed by atoms with E-state index in [4.69, 9.17) is 17.3 Å². The molecular formula is C15H17ClN2O. The van der Waals surface area contributed by atoms with Crippen LogP contribution in [0.4, 0.5) is 0 Å². The van der Waals surface area contributed by atoms with Gasteiger partial charge in [-0.2, -0.15) is 0 Å². The predicted molar refractivity (Wildman–Crippen MR) is 77.3 cm³/mol. The number of hydrogen-bond acceptors (Lipinski definition) is 1. The predicted octanol–water partition coefficient (Wildman–Crippen LogP) is 2.90. The first-order chi connectivity index (χ1) is 9.11. The molecule has 19 heavy (non-hydrogen) atoms. The molecule has 1 amide bonds. The average Bonchev–Trinajstić information content (AvgIpc) is 2.71. The molecule has 100 valence electrons. The maximum atomic E-state index is 11.4. The van der Waals surface area contributed by atoms with Crippen molar-refractivity contribution in [2.75, 3.05) is 0 Å². The van der Waals surface area contributed by atoms with Gasteiger partial charge in [0.1, 0.15) is 0 Å². The Bertz CT molecular complexity index is 660. The van der Waals surface area contributed by atoms with Crippen molar-refractivity contribution in [3.05, 3.63) is 34.5 Å². The monoisotopic (exact) mass is 276 g/mol. The van der Waals surface area contributed by atoms with E-state index in [-0.39, 0.29) is 11.8 Å². The van der Waals surface area contributed by atoms with E-state index in [0.717, 1.165) is 30.8 Å². The average molecular weight is 277 g/mol. The molecule has 4 heteroatoms. The number of aromatic nitrogens is 1. The summed E-state index contributed by atoms with van der Waals surface area (Å²) < 4.78 is 2.33. The molecular weight excluding hydrogens is 260 g/mol. The Hall–Kier alpha value is -1.48. The lowest BCUT2D eigenvalue weighted by molar-refractivity contribution is -0.122. The first-order valence-corrected chi connectivity index (χ1v) is 7.08. The van der Waals surface area contributed by atoms with E-state index in [1.165, 1.54) is 22.2 Å². The normalized spacial score (nSPS) is 18.5. The molecule has 2 N–H and O–H groups in total. The second kappa shape index (κ2) is 4.57. The number of fused-ring (bicyclic) bond motifs is 3. The van der Waals surface area contributed by atoms with Gasteiger partial charge >= 0.3 is 0 Å². The van der Waals surface area contributed by atoms with Crippen molar-refractivity contribution < 1.29 is 4.79 Å². The zero-order chi connectivity index (χ0) is 13.6. The number of aryl methyl sites for hydroxylation is 1. The number of carbonyl (C=O) groups is 1. The zero-order valence-corrected chi connectivity index (χ0v) is 11.7. The summed E-state index contributed by atoms with van der Waals surface area (Å²) in [6.07, 6.45) is 2.52. The molecule has 2 aromatic rings. The molecule has 1 aromatic carbocycles. The molecule has 0 fully saturated rings. The van der Waals surface area contributed by atoms with E-state index < -0.39 is 0 Å². The van der Waals surface area contributed by atoms with Crippen LogP contribution in [0.15, 0.2) is 18.2 Å². The molecule has 0 saturated heterocycles. The fourth-order valence-electron chi connectivity index (χ4n) is 3.23. The van der Waals surface area contributed by atoms with Gasteiger partial charge in [-0.05, 0) is 49.9 Å². The molecule has 1 heterocycles. The summed E-state index contributed by atoms with van der Waals surface area (Å²) in [5, 5.41) is 1.92. The first-order valence-electron chi connectivity index (χ1n) is 6.70. The Morgan fingerprint density at radius 3 is 3.00 bits per heavy atom. The lowest BCUT2D eigenvalue weighted by Crippen LogP contribution is -2.28. The molecule has 3 rings (SSSR count). The van der Waals surface area contributed by atoms with E-state index in [1.807, 2.05) is 12.1 Å². The second-order valence-corrected chi connectivity index (χ2v) is 5.61. The molecule has 0 saturated carbocycles. The summed E-state index contributed by atoms with van der Waals surface area (Å²) in [6, 6.07) is 6.00. The smallest absolute Gasteiger partial charge is 0.220 e. The third kappa shape index (κ3) is 1.93. The first kappa shape index (κ1) is 12.5. The van der Waals surface area contributed by atoms with Crippen LogP contribution in [0, 0.1) is 5.92 Å². The number of rotatable bonds is 2. The van der Waals surface area contributed by atoms with Crippen LogP contribution in [0.25, 0.3) is 10.9 Å². The summed E-state index contributed by atoms with van der Waals surface area (Å²) in [7, 11) is 0. The minimum Gasteiger partial charge on any atom is -0.369 e. The fourth-order valence-corrected chi connectivity index (χ4v) is 3.40. The van der Waals surface area contributed by atoms with Gasteiger partial charge < -0.3 is 10.3 Å². The Kier molecular flexibility index (Phi) is 3.02. The molecule has 0 radical (unpaired) electrons. The fraction of sp³-hybridized carbons (Fsp3) is 0.400. The van der Waals surface area contributed by atoms with Gasteiger partial charge in [-0.3, -0.25) is 4.79 Å². The number of nitrogens with two attached hydrogens (primary N) is 1. The maximum Gasteiger partial charge on any atom is 0.220 e. The van der Waals surface area contributed by atoms with E-state index in [1.54, 1.807) is 0 Å². The van der Waals surface area contributed by atoms with Crippen LogP contribution >= 0.6 is 11.6 Å². The summed E-state index contributed by atoms with van der Waals surface area (Å²) in [5.41, 5.74) is 9.28. The number of carbonyl (C=O) groups excluding carboxylic acids is 1. The van der Waals surface area contributed by atoms with Crippen molar-refractivity contribution in [3.63, 3.8) is 0 Å². The molecule has 0 spiro atoms. The maximum absolute atomic E-state index is 11.4. The van der Waals surface area contributed by atoms with Crippen LogP contribution in [-0.2, 0) is 24.2 Å². The molecule has 1 aromatic heterocycles. The highest BCUT2D eigenvalue weighted by atomic mass is 35.5. The van der Waals surface area contributed by atoms with Gasteiger partial charge in [0.25, 0.3) is 0 Å². The van der Waals surface area contributed by atoms with Gasteiger partial charge in [0.05, 0.1) is 0 Å². The molecule has 0 bridgehead atoms. The molecule has 1 aliphatic carbocycles. The quantitative estimate of drug-likeness (QED) is 0.901. The third-order valence-corrected chi connectivity index (χ3v) is 4.38. The number of benzene rings is 1. The van der Waals surface area contributed by atoms with Crippen LogP contribution in [0.3, 0.4) is 0 Å². The summed E-state index contributed by atoms with van der Waals surface area (Å²) in [5.74, 6) is -0.229. The van der Waals surface area contributed by atoms with Crippen molar-refractivity contribution in [2.24, 2.45) is 11.7 Å². The van der Waals surface area contributed by atoms with E-state index in [9.17, 15) is 4.79 Å². The number of amides is 1. The largest absolute Gasteiger partial charge is 0.369 e. The minimum atomic E-state index is -0.190. The minimum absolute atomic E-state index is 0.0395. The van der Waals surface area contributed by atoms with Crippen molar-refractivity contribution in [3.8, 4) is 0 Å². The molecule has 0 aliphatic heterocycles. The summed E-state index contributed by atoms with van der Waals surface area (Å²) in [6.45, 7) is 3.09. The van der Waals surface area contributed by atoms with Crippen molar-refractivity contribution in [1.29, 1.82) is 0 Å². The van der Waals surface area contributed by atoms with Gasteiger partial charge in [-0.25, -0.2) is 0 Å².